The molecule has 0 unspecified atom stereocenters. The Balaban J connectivity index is 1.32. The number of piperidine rings is 1. The maximum Gasteiger partial charge on any atom is 0.264 e. The summed E-state index contributed by atoms with van der Waals surface area (Å²) in [4.78, 5) is 38.4. The monoisotopic (exact) mass is 440 g/mol. The average molecular weight is 441 g/mol. The van der Waals surface area contributed by atoms with Gasteiger partial charge in [0.05, 0.1) is 22.7 Å². The predicted molar refractivity (Wildman–Crippen MR) is 119 cm³/mol. The molecule has 1 N–H and O–H groups in total. The van der Waals surface area contributed by atoms with Gasteiger partial charge in [0.2, 0.25) is 0 Å². The number of thiophene rings is 2. The number of amides is 1. The van der Waals surface area contributed by atoms with Crippen LogP contribution in [-0.4, -0.2) is 45.3 Å². The van der Waals surface area contributed by atoms with Crippen LogP contribution >= 0.6 is 22.7 Å². The van der Waals surface area contributed by atoms with E-state index in [0.717, 1.165) is 44.0 Å². The average Bonchev–Trinajstić information content (AvgIpc) is 3.48. The minimum absolute atomic E-state index is 0.00419. The molecule has 6 nitrogen and oxygen atoms in total. The molecule has 3 aromatic heterocycles. The fourth-order valence-corrected chi connectivity index (χ4v) is 5.78. The Hall–Kier alpha value is -2.29. The Bertz CT molecular complexity index is 1080. The topological polar surface area (TPSA) is 69.3 Å². The summed E-state index contributed by atoms with van der Waals surface area (Å²) in [5, 5.41) is 6.22. The van der Waals surface area contributed by atoms with Gasteiger partial charge in [0.15, 0.2) is 0 Å². The van der Waals surface area contributed by atoms with E-state index in [2.05, 4.69) is 26.7 Å². The van der Waals surface area contributed by atoms with Gasteiger partial charge in [-0.05, 0) is 53.2 Å². The van der Waals surface area contributed by atoms with E-state index in [-0.39, 0.29) is 17.4 Å². The van der Waals surface area contributed by atoms with Gasteiger partial charge < -0.3 is 9.88 Å². The van der Waals surface area contributed by atoms with Gasteiger partial charge in [0.25, 0.3) is 11.5 Å². The molecule has 0 spiro atoms. The van der Waals surface area contributed by atoms with Crippen LogP contribution in [0.1, 0.15) is 51.1 Å². The molecule has 2 aliphatic heterocycles. The molecule has 1 fully saturated rings. The number of hydrogen-bond donors (Lipinski definition) is 1. The minimum Gasteiger partial charge on any atom is -0.333 e. The molecule has 0 aromatic carbocycles. The van der Waals surface area contributed by atoms with E-state index in [4.69, 9.17) is 4.98 Å². The molecule has 0 aliphatic carbocycles. The minimum atomic E-state index is -0.0892. The maximum atomic E-state index is 12.9. The Kier molecular flexibility index (Phi) is 5.54. The first-order valence-corrected chi connectivity index (χ1v) is 12.2. The van der Waals surface area contributed by atoms with Crippen LogP contribution in [0.4, 0.5) is 0 Å². The van der Waals surface area contributed by atoms with Crippen LogP contribution in [0.3, 0.4) is 0 Å². The summed E-state index contributed by atoms with van der Waals surface area (Å²) in [6.45, 7) is 3.90. The zero-order chi connectivity index (χ0) is 20.5. The molecule has 1 amide bonds. The Morgan fingerprint density at radius 3 is 3.00 bits per heavy atom. The lowest BCUT2D eigenvalue weighted by Gasteiger charge is -2.33. The second kappa shape index (κ2) is 8.45. The lowest BCUT2D eigenvalue weighted by Crippen LogP contribution is -2.40. The maximum absolute atomic E-state index is 12.9. The smallest absolute Gasteiger partial charge is 0.264 e. The summed E-state index contributed by atoms with van der Waals surface area (Å²) in [7, 11) is 0. The second-order valence-corrected chi connectivity index (χ2v) is 9.76. The zero-order valence-corrected chi connectivity index (χ0v) is 18.3. The lowest BCUT2D eigenvalue weighted by molar-refractivity contribution is 0.0737. The van der Waals surface area contributed by atoms with Gasteiger partial charge in [-0.1, -0.05) is 6.07 Å². The molecule has 2 aliphatic rings. The van der Waals surface area contributed by atoms with Crippen molar-refractivity contribution in [2.24, 2.45) is 0 Å². The zero-order valence-electron chi connectivity index (χ0n) is 16.7. The third-order valence-electron chi connectivity index (χ3n) is 5.98. The van der Waals surface area contributed by atoms with Crippen molar-refractivity contribution in [1.82, 2.24) is 19.8 Å². The van der Waals surface area contributed by atoms with Crippen molar-refractivity contribution in [1.29, 1.82) is 0 Å². The molecular weight excluding hydrogens is 416 g/mol. The van der Waals surface area contributed by atoms with Crippen molar-refractivity contribution >= 4 is 28.6 Å². The van der Waals surface area contributed by atoms with Crippen molar-refractivity contribution in [3.8, 4) is 0 Å². The summed E-state index contributed by atoms with van der Waals surface area (Å²) in [5.41, 5.74) is 2.76. The highest BCUT2D eigenvalue weighted by molar-refractivity contribution is 7.12. The number of H-pyrrole nitrogens is 1. The van der Waals surface area contributed by atoms with Gasteiger partial charge in [-0.25, -0.2) is 4.98 Å². The molecule has 5 rings (SSSR count). The molecule has 156 valence electrons. The Labute approximate surface area is 183 Å². The third-order valence-corrected chi connectivity index (χ3v) is 7.57. The fraction of sp³-hybridized carbons (Fsp3) is 0.409. The van der Waals surface area contributed by atoms with Crippen LogP contribution in [0.15, 0.2) is 39.1 Å². The highest BCUT2D eigenvalue weighted by atomic mass is 32.1. The summed E-state index contributed by atoms with van der Waals surface area (Å²) in [6.07, 6.45) is 2.79. The van der Waals surface area contributed by atoms with Crippen LogP contribution in [-0.2, 0) is 19.5 Å². The number of likely N-dealkylation sites (tertiary alicyclic amines) is 1. The summed E-state index contributed by atoms with van der Waals surface area (Å²) >= 11 is 3.17. The summed E-state index contributed by atoms with van der Waals surface area (Å²) in [6, 6.07) is 5.89. The van der Waals surface area contributed by atoms with Gasteiger partial charge in [-0.15, -0.1) is 11.3 Å². The van der Waals surface area contributed by atoms with Crippen molar-refractivity contribution in [2.45, 2.75) is 38.3 Å². The molecule has 1 atom stereocenters. The number of aromatic nitrogens is 2. The molecule has 5 heterocycles. The largest absolute Gasteiger partial charge is 0.333 e. The molecular formula is C22H24N4O2S2. The first-order valence-electron chi connectivity index (χ1n) is 10.4. The first kappa shape index (κ1) is 19.7. The summed E-state index contributed by atoms with van der Waals surface area (Å²) < 4.78 is 0. The SMILES string of the molecule is O=C(c1cccs1)N1CCc2nc([C@H]3CCCN(Cc4ccsc4)C3)[nH]c(=O)c2C1. The van der Waals surface area contributed by atoms with E-state index >= 15 is 0 Å². The van der Waals surface area contributed by atoms with Crippen LogP contribution in [0.25, 0.3) is 0 Å². The Morgan fingerprint density at radius 2 is 2.20 bits per heavy atom. The van der Waals surface area contributed by atoms with Gasteiger partial charge in [-0.2, -0.15) is 11.3 Å². The quantitative estimate of drug-likeness (QED) is 0.675. The van der Waals surface area contributed by atoms with E-state index in [1.165, 1.54) is 16.9 Å². The standard InChI is InChI=1S/C22H24N4O2S2/c27-21-17-13-26(22(28)19-4-2-9-30-19)8-5-18(17)23-20(24-21)16-3-1-7-25(12-16)11-15-6-10-29-14-15/h2,4,6,9-10,14,16H,1,3,5,7-8,11-13H2,(H,23,24,27)/t16-/m0/s1. The van der Waals surface area contributed by atoms with Crippen molar-refractivity contribution in [3.63, 3.8) is 0 Å². The van der Waals surface area contributed by atoms with Crippen molar-refractivity contribution in [2.75, 3.05) is 19.6 Å². The molecule has 30 heavy (non-hydrogen) atoms. The second-order valence-electron chi connectivity index (χ2n) is 8.04. The fourth-order valence-electron chi connectivity index (χ4n) is 4.43. The molecule has 0 saturated carbocycles. The molecule has 0 radical (unpaired) electrons. The van der Waals surface area contributed by atoms with Crippen molar-refractivity contribution in [3.05, 3.63) is 72.2 Å². The number of nitrogens with zero attached hydrogens (tertiary/aromatic N) is 3. The number of nitrogens with one attached hydrogen (secondary N) is 1. The highest BCUT2D eigenvalue weighted by Crippen LogP contribution is 2.27. The Morgan fingerprint density at radius 1 is 1.27 bits per heavy atom. The van der Waals surface area contributed by atoms with Crippen LogP contribution in [0.5, 0.6) is 0 Å². The van der Waals surface area contributed by atoms with E-state index in [9.17, 15) is 9.59 Å². The van der Waals surface area contributed by atoms with E-state index in [1.54, 1.807) is 16.2 Å². The van der Waals surface area contributed by atoms with Gasteiger partial charge in [-0.3, -0.25) is 14.5 Å². The molecule has 8 heteroatoms. The van der Waals surface area contributed by atoms with E-state index in [0.29, 0.717) is 30.0 Å². The lowest BCUT2D eigenvalue weighted by atomic mass is 9.96. The first-order chi connectivity index (χ1) is 14.7. The van der Waals surface area contributed by atoms with Crippen molar-refractivity contribution < 1.29 is 4.79 Å². The molecule has 3 aromatic rings. The predicted octanol–water partition coefficient (Wildman–Crippen LogP) is 3.47. The van der Waals surface area contributed by atoms with Crippen LogP contribution in [0, 0.1) is 0 Å². The number of rotatable bonds is 4. The normalized spacial score (nSPS) is 19.6. The molecule has 1 saturated heterocycles. The van der Waals surface area contributed by atoms with Gasteiger partial charge >= 0.3 is 0 Å². The van der Waals surface area contributed by atoms with E-state index < -0.39 is 0 Å². The van der Waals surface area contributed by atoms with E-state index in [1.807, 2.05) is 17.5 Å². The number of hydrogen-bond acceptors (Lipinski definition) is 6. The van der Waals surface area contributed by atoms with Gasteiger partial charge in [0.1, 0.15) is 5.82 Å². The van der Waals surface area contributed by atoms with Crippen LogP contribution < -0.4 is 5.56 Å². The molecule has 0 bridgehead atoms. The van der Waals surface area contributed by atoms with Gasteiger partial charge in [0, 0.05) is 32.0 Å². The number of carbonyl (C=O) groups excluding carboxylic acids is 1. The highest BCUT2D eigenvalue weighted by Gasteiger charge is 2.28. The number of carbonyl (C=O) groups is 1. The third kappa shape index (κ3) is 3.99. The summed E-state index contributed by atoms with van der Waals surface area (Å²) in [5.74, 6) is 1.06. The number of fused-ring (bicyclic) bond motifs is 1. The number of aromatic amines is 1. The van der Waals surface area contributed by atoms with Crippen LogP contribution in [0.2, 0.25) is 0 Å².